The number of nitrogens with one attached hydrogen (secondary N) is 1. The molecule has 0 bridgehead atoms. The molecule has 2 rings (SSSR count). The summed E-state index contributed by atoms with van der Waals surface area (Å²) in [5, 5.41) is 3.46. The smallest absolute Gasteiger partial charge is 0.122 e. The van der Waals surface area contributed by atoms with Gasteiger partial charge in [0.15, 0.2) is 0 Å². The Labute approximate surface area is 65.3 Å². The van der Waals surface area contributed by atoms with Crippen molar-refractivity contribution in [3.63, 3.8) is 0 Å². The molecule has 0 aromatic carbocycles. The van der Waals surface area contributed by atoms with Gasteiger partial charge in [-0.15, -0.1) is 0 Å². The third kappa shape index (κ3) is 3.74. The van der Waals surface area contributed by atoms with Crippen molar-refractivity contribution >= 4 is 18.2 Å². The second-order valence-corrected chi connectivity index (χ2v) is 2.99. The molecule has 2 aliphatic heterocycles. The van der Waals surface area contributed by atoms with E-state index in [1.807, 2.05) is 11.9 Å². The first kappa shape index (κ1) is 7.88. The summed E-state index contributed by atoms with van der Waals surface area (Å²) in [5.41, 5.74) is 0. The minimum absolute atomic E-state index is 0.778. The molecule has 58 valence electrons. The molecule has 10 heavy (non-hydrogen) atoms. The zero-order chi connectivity index (χ0) is 7.07. The molecule has 1 fully saturated rings. The lowest BCUT2D eigenvalue weighted by Crippen LogP contribution is -1.91. The summed E-state index contributed by atoms with van der Waals surface area (Å²) in [6, 6.07) is 0. The van der Waals surface area contributed by atoms with Gasteiger partial charge >= 0.3 is 0 Å². The van der Waals surface area contributed by atoms with Crippen LogP contribution in [0.5, 0.6) is 0 Å². The van der Waals surface area contributed by atoms with Crippen LogP contribution in [0.2, 0.25) is 0 Å². The lowest BCUT2D eigenvalue weighted by Gasteiger charge is -1.76. The zero-order valence-corrected chi connectivity index (χ0v) is 6.69. The van der Waals surface area contributed by atoms with E-state index in [9.17, 15) is 0 Å². The third-order valence-corrected chi connectivity index (χ3v) is 2.02. The first-order chi connectivity index (χ1) is 5.00. The van der Waals surface area contributed by atoms with Crippen LogP contribution in [-0.2, 0) is 4.84 Å². The van der Waals surface area contributed by atoms with Gasteiger partial charge in [0.1, 0.15) is 6.61 Å². The second kappa shape index (κ2) is 5.56. The summed E-state index contributed by atoms with van der Waals surface area (Å²) < 4.78 is 3.14. The van der Waals surface area contributed by atoms with Crippen molar-refractivity contribution in [3.05, 3.63) is 0 Å². The molecule has 1 N–H and O–H groups in total. The van der Waals surface area contributed by atoms with E-state index in [1.165, 1.54) is 18.7 Å². The highest BCUT2D eigenvalue weighted by Gasteiger charge is 1.94. The first-order valence-corrected chi connectivity index (χ1v) is 4.47. The number of hydrogen-bond donors (Lipinski definition) is 1. The molecule has 1 saturated heterocycles. The van der Waals surface area contributed by atoms with E-state index in [0.717, 1.165) is 13.0 Å². The van der Waals surface area contributed by atoms with Gasteiger partial charge in [-0.1, -0.05) is 17.1 Å². The molecule has 3 nitrogen and oxygen atoms in total. The molecule has 0 radical (unpaired) electrons. The van der Waals surface area contributed by atoms with Gasteiger partial charge < -0.3 is 4.84 Å². The van der Waals surface area contributed by atoms with E-state index >= 15 is 0 Å². The predicted molar refractivity (Wildman–Crippen MR) is 44.1 cm³/mol. The van der Waals surface area contributed by atoms with Crippen LogP contribution in [0.25, 0.3) is 0 Å². The third-order valence-electron chi connectivity index (χ3n) is 1.11. The maximum absolute atomic E-state index is 4.51. The normalized spacial score (nSPS) is 21.6. The predicted octanol–water partition coefficient (Wildman–Crippen LogP) is 1.02. The van der Waals surface area contributed by atoms with Crippen LogP contribution in [-0.4, -0.2) is 25.1 Å². The lowest BCUT2D eigenvalue weighted by molar-refractivity contribution is 0.174. The molecular formula is C6H12N2OS. The van der Waals surface area contributed by atoms with E-state index in [0.29, 0.717) is 0 Å². The quantitative estimate of drug-likeness (QED) is 0.537. The van der Waals surface area contributed by atoms with Crippen molar-refractivity contribution in [2.75, 3.05) is 18.9 Å². The van der Waals surface area contributed by atoms with Gasteiger partial charge in [0.05, 0.1) is 0 Å². The van der Waals surface area contributed by atoms with E-state index in [1.54, 1.807) is 6.21 Å². The Morgan fingerprint density at radius 2 is 2.60 bits per heavy atom. The monoisotopic (exact) mass is 160 g/mol. The Bertz CT molecular complexity index is 90.3. The van der Waals surface area contributed by atoms with Crippen LogP contribution < -0.4 is 4.72 Å². The largest absolute Gasteiger partial charge is 0.396 e. The fourth-order valence-corrected chi connectivity index (χ4v) is 1.35. The Kier molecular flexibility index (Phi) is 4.38. The Morgan fingerprint density at radius 3 is 2.80 bits per heavy atom. The highest BCUT2D eigenvalue weighted by atomic mass is 32.2. The lowest BCUT2D eigenvalue weighted by atomic mass is 10.5. The van der Waals surface area contributed by atoms with Gasteiger partial charge in [-0.3, -0.25) is 4.72 Å². The van der Waals surface area contributed by atoms with Crippen molar-refractivity contribution in [1.29, 1.82) is 0 Å². The molecule has 0 saturated carbocycles. The van der Waals surface area contributed by atoms with Gasteiger partial charge in [0.2, 0.25) is 0 Å². The highest BCUT2D eigenvalue weighted by Crippen LogP contribution is 2.02. The minimum Gasteiger partial charge on any atom is -0.396 e. The Hall–Kier alpha value is -0.220. The van der Waals surface area contributed by atoms with Crippen LogP contribution in [0.1, 0.15) is 12.8 Å². The zero-order valence-electron chi connectivity index (χ0n) is 5.88. The van der Waals surface area contributed by atoms with Gasteiger partial charge in [-0.25, -0.2) is 0 Å². The maximum atomic E-state index is 4.51. The molecule has 0 spiro atoms. The molecule has 0 aliphatic carbocycles. The fraction of sp³-hybridized carbons (Fsp3) is 0.833. The van der Waals surface area contributed by atoms with E-state index in [-0.39, 0.29) is 0 Å². The van der Waals surface area contributed by atoms with Crippen LogP contribution in [0, 0.1) is 0 Å². The maximum Gasteiger partial charge on any atom is 0.122 e. The number of hydrogen-bond acceptors (Lipinski definition) is 4. The molecule has 4 heteroatoms. The molecule has 0 aromatic rings. The summed E-state index contributed by atoms with van der Waals surface area (Å²) in [6.45, 7) is 1.99. The summed E-state index contributed by atoms with van der Waals surface area (Å²) in [6.07, 6.45) is 4.10. The topological polar surface area (TPSA) is 33.6 Å². The summed E-state index contributed by atoms with van der Waals surface area (Å²) in [5.74, 6) is 1.31. The fourth-order valence-electron chi connectivity index (χ4n) is 0.624. The van der Waals surface area contributed by atoms with Gasteiger partial charge in [0.25, 0.3) is 0 Å². The second-order valence-electron chi connectivity index (χ2n) is 2.01. The molecule has 2 heterocycles. The van der Waals surface area contributed by atoms with Crippen molar-refractivity contribution in [2.45, 2.75) is 12.8 Å². The standard InChI is InChI=1S/C3H5NO.C3H7NS/c2*1-2-4-5-3-1/h2H,1,3H2;4H,1-3H2. The van der Waals surface area contributed by atoms with Crippen LogP contribution in [0.4, 0.5) is 0 Å². The molecule has 0 unspecified atom stereocenters. The first-order valence-electron chi connectivity index (χ1n) is 3.48. The summed E-state index contributed by atoms with van der Waals surface area (Å²) in [4.78, 5) is 4.51. The summed E-state index contributed by atoms with van der Waals surface area (Å²) in [7, 11) is 0. The minimum atomic E-state index is 0.778. The Morgan fingerprint density at radius 1 is 1.60 bits per heavy atom. The average molecular weight is 160 g/mol. The molecule has 2 aliphatic rings. The molecule has 0 aromatic heterocycles. The van der Waals surface area contributed by atoms with Crippen LogP contribution in [0.15, 0.2) is 5.16 Å². The number of oxime groups is 1. The highest BCUT2D eigenvalue weighted by molar-refractivity contribution is 7.97. The van der Waals surface area contributed by atoms with Gasteiger partial charge in [-0.2, -0.15) is 0 Å². The van der Waals surface area contributed by atoms with E-state index in [2.05, 4.69) is 14.7 Å². The van der Waals surface area contributed by atoms with Gasteiger partial charge in [-0.05, 0) is 6.42 Å². The average Bonchev–Trinajstić information content (AvgIpc) is 2.67. The van der Waals surface area contributed by atoms with Crippen LogP contribution in [0.3, 0.4) is 0 Å². The van der Waals surface area contributed by atoms with Crippen LogP contribution >= 0.6 is 11.9 Å². The van der Waals surface area contributed by atoms with Crippen molar-refractivity contribution < 1.29 is 4.84 Å². The molecular weight excluding hydrogens is 148 g/mol. The van der Waals surface area contributed by atoms with Crippen molar-refractivity contribution in [2.24, 2.45) is 5.16 Å². The number of nitrogens with zero attached hydrogens (tertiary/aromatic N) is 1. The SMILES string of the molecule is C1=NOCC1.C1CNSC1. The molecule has 0 atom stereocenters. The van der Waals surface area contributed by atoms with Gasteiger partial charge in [0, 0.05) is 24.9 Å². The molecule has 0 amide bonds. The van der Waals surface area contributed by atoms with E-state index < -0.39 is 0 Å². The number of rotatable bonds is 0. The van der Waals surface area contributed by atoms with E-state index in [4.69, 9.17) is 0 Å². The Balaban J connectivity index is 0.0000001000. The summed E-state index contributed by atoms with van der Waals surface area (Å²) >= 11 is 1.82. The van der Waals surface area contributed by atoms with Crippen molar-refractivity contribution in [3.8, 4) is 0 Å². The van der Waals surface area contributed by atoms with Crippen molar-refractivity contribution in [1.82, 2.24) is 4.72 Å².